The molecule has 1 aromatic carbocycles. The van der Waals surface area contributed by atoms with Crippen molar-refractivity contribution in [2.75, 3.05) is 14.2 Å². The lowest BCUT2D eigenvalue weighted by Crippen LogP contribution is -2.24. The van der Waals surface area contributed by atoms with Gasteiger partial charge >= 0.3 is 0 Å². The Labute approximate surface area is 139 Å². The molecule has 4 nitrogen and oxygen atoms in total. The summed E-state index contributed by atoms with van der Waals surface area (Å²) in [4.78, 5) is 18.0. The van der Waals surface area contributed by atoms with E-state index in [2.05, 4.69) is 4.98 Å². The molecule has 1 amide bonds. The van der Waals surface area contributed by atoms with E-state index in [-0.39, 0.29) is 5.91 Å². The number of methoxy groups -OCH3 is 1. The number of hydrogen-bond donors (Lipinski definition) is 0. The third kappa shape index (κ3) is 4.32. The number of carbonyl (C=O) groups excluding carboxylic acids is 1. The molecule has 0 N–H and O–H groups in total. The minimum absolute atomic E-state index is 0.104. The van der Waals surface area contributed by atoms with Crippen LogP contribution in [0, 0.1) is 6.92 Å². The topological polar surface area (TPSA) is 42.4 Å². The fourth-order valence-electron chi connectivity index (χ4n) is 1.94. The summed E-state index contributed by atoms with van der Waals surface area (Å²) in [5.41, 5.74) is 1.66. The van der Waals surface area contributed by atoms with Gasteiger partial charge in [-0.25, -0.2) is 4.98 Å². The lowest BCUT2D eigenvalue weighted by atomic mass is 10.2. The Kier molecular flexibility index (Phi) is 5.57. The Hall–Kier alpha value is -1.85. The van der Waals surface area contributed by atoms with Gasteiger partial charge in [0.1, 0.15) is 5.75 Å². The largest absolute Gasteiger partial charge is 0.496 e. The molecule has 0 saturated heterocycles. The van der Waals surface area contributed by atoms with Gasteiger partial charge in [0.25, 0.3) is 0 Å². The summed E-state index contributed by atoms with van der Waals surface area (Å²) in [6.45, 7) is 2.35. The summed E-state index contributed by atoms with van der Waals surface area (Å²) in [6, 6.07) is 5.36. The van der Waals surface area contributed by atoms with Gasteiger partial charge in [0.05, 0.1) is 17.8 Å². The van der Waals surface area contributed by atoms with Crippen molar-refractivity contribution in [2.45, 2.75) is 13.5 Å². The molecule has 0 radical (unpaired) electrons. The van der Waals surface area contributed by atoms with Crippen LogP contribution >= 0.6 is 22.9 Å². The molecule has 0 fully saturated rings. The predicted octanol–water partition coefficient (Wildman–Crippen LogP) is 3.79. The summed E-state index contributed by atoms with van der Waals surface area (Å²) in [6.07, 6.45) is 3.24. The molecule has 6 heteroatoms. The molecule has 0 aliphatic carbocycles. The number of carbonyl (C=O) groups is 1. The molecule has 0 aliphatic heterocycles. The number of likely N-dealkylation sites (N-methyl/N-ethyl adjacent to an activating group) is 1. The maximum atomic E-state index is 12.2. The maximum absolute atomic E-state index is 12.2. The van der Waals surface area contributed by atoms with E-state index in [1.165, 1.54) is 6.08 Å². The number of aromatic nitrogens is 1. The zero-order chi connectivity index (χ0) is 16.1. The van der Waals surface area contributed by atoms with E-state index in [1.54, 1.807) is 54.7 Å². The number of rotatable bonds is 5. The van der Waals surface area contributed by atoms with E-state index in [4.69, 9.17) is 16.3 Å². The first-order valence-corrected chi connectivity index (χ1v) is 7.93. The Balaban J connectivity index is 2.05. The molecule has 0 saturated carbocycles. The number of halogens is 1. The number of amides is 1. The highest BCUT2D eigenvalue weighted by Gasteiger charge is 2.10. The van der Waals surface area contributed by atoms with Gasteiger partial charge in [0.2, 0.25) is 5.91 Å². The molecule has 2 aromatic rings. The second kappa shape index (κ2) is 7.42. The van der Waals surface area contributed by atoms with Crippen molar-refractivity contribution in [3.8, 4) is 5.75 Å². The Morgan fingerprint density at radius 3 is 2.91 bits per heavy atom. The molecule has 22 heavy (non-hydrogen) atoms. The molecule has 0 atom stereocenters. The van der Waals surface area contributed by atoms with Crippen molar-refractivity contribution < 1.29 is 9.53 Å². The van der Waals surface area contributed by atoms with Crippen molar-refractivity contribution in [1.82, 2.24) is 9.88 Å². The second-order valence-electron chi connectivity index (χ2n) is 4.78. The fourth-order valence-corrected chi connectivity index (χ4v) is 2.72. The summed E-state index contributed by atoms with van der Waals surface area (Å²) >= 11 is 7.56. The number of ether oxygens (including phenoxy) is 1. The van der Waals surface area contributed by atoms with Crippen LogP contribution in [0.2, 0.25) is 5.02 Å². The zero-order valence-electron chi connectivity index (χ0n) is 12.7. The van der Waals surface area contributed by atoms with Crippen LogP contribution in [0.5, 0.6) is 5.75 Å². The smallest absolute Gasteiger partial charge is 0.246 e. The van der Waals surface area contributed by atoms with Crippen LogP contribution in [0.4, 0.5) is 0 Å². The highest BCUT2D eigenvalue weighted by molar-refractivity contribution is 7.09. The molecule has 2 rings (SSSR count). The minimum Gasteiger partial charge on any atom is -0.496 e. The van der Waals surface area contributed by atoms with Crippen molar-refractivity contribution in [3.63, 3.8) is 0 Å². The Bertz CT molecular complexity index is 697. The molecule has 0 spiro atoms. The quantitative estimate of drug-likeness (QED) is 0.780. The Morgan fingerprint density at radius 1 is 1.50 bits per heavy atom. The molecule has 0 bridgehead atoms. The average molecular weight is 337 g/mol. The molecule has 116 valence electrons. The van der Waals surface area contributed by atoms with Crippen LogP contribution in [0.15, 0.2) is 29.7 Å². The third-order valence-corrected chi connectivity index (χ3v) is 4.09. The van der Waals surface area contributed by atoms with Crippen molar-refractivity contribution in [1.29, 1.82) is 0 Å². The molecule has 0 unspecified atom stereocenters. The van der Waals surface area contributed by atoms with E-state index in [0.29, 0.717) is 17.3 Å². The standard InChI is InChI=1S/C16H17ClN2O2S/c1-11-18-14(10-22-11)5-7-16(20)19(2)9-12-8-13(17)4-6-15(12)21-3/h4-8,10H,9H2,1-3H3/b7-5+. The van der Waals surface area contributed by atoms with E-state index < -0.39 is 0 Å². The summed E-state index contributed by atoms with van der Waals surface area (Å²) in [5, 5.41) is 3.51. The van der Waals surface area contributed by atoms with Crippen LogP contribution < -0.4 is 4.74 Å². The molecule has 0 aliphatic rings. The first kappa shape index (κ1) is 16.5. The monoisotopic (exact) mass is 336 g/mol. The third-order valence-electron chi connectivity index (χ3n) is 3.06. The number of aryl methyl sites for hydroxylation is 1. The minimum atomic E-state index is -0.104. The first-order valence-electron chi connectivity index (χ1n) is 6.67. The summed E-state index contributed by atoms with van der Waals surface area (Å²) in [7, 11) is 3.33. The molecular formula is C16H17ClN2O2S. The highest BCUT2D eigenvalue weighted by atomic mass is 35.5. The SMILES string of the molecule is COc1ccc(Cl)cc1CN(C)C(=O)/C=C/c1csc(C)n1. The van der Waals surface area contributed by atoms with E-state index in [9.17, 15) is 4.79 Å². The first-order chi connectivity index (χ1) is 10.5. The van der Waals surface area contributed by atoms with E-state index in [0.717, 1.165) is 16.3 Å². The zero-order valence-corrected chi connectivity index (χ0v) is 14.2. The van der Waals surface area contributed by atoms with Gasteiger partial charge in [0.15, 0.2) is 0 Å². The van der Waals surface area contributed by atoms with E-state index in [1.807, 2.05) is 12.3 Å². The highest BCUT2D eigenvalue weighted by Crippen LogP contribution is 2.23. The van der Waals surface area contributed by atoms with Gasteiger partial charge in [-0.05, 0) is 31.2 Å². The van der Waals surface area contributed by atoms with Gasteiger partial charge in [0, 0.05) is 35.6 Å². The normalized spacial score (nSPS) is 10.9. The fraction of sp³-hybridized carbons (Fsp3) is 0.250. The van der Waals surface area contributed by atoms with Crippen LogP contribution in [-0.4, -0.2) is 29.9 Å². The van der Waals surface area contributed by atoms with Gasteiger partial charge in [-0.1, -0.05) is 11.6 Å². The molecule has 1 heterocycles. The average Bonchev–Trinajstić information content (AvgIpc) is 2.90. The number of hydrogen-bond acceptors (Lipinski definition) is 4. The van der Waals surface area contributed by atoms with Crippen LogP contribution in [-0.2, 0) is 11.3 Å². The molecule has 1 aromatic heterocycles. The number of nitrogens with zero attached hydrogens (tertiary/aromatic N) is 2. The lowest BCUT2D eigenvalue weighted by Gasteiger charge is -2.17. The van der Waals surface area contributed by atoms with Gasteiger partial charge in [-0.2, -0.15) is 0 Å². The predicted molar refractivity (Wildman–Crippen MR) is 90.4 cm³/mol. The van der Waals surface area contributed by atoms with Gasteiger partial charge in [-0.15, -0.1) is 11.3 Å². The summed E-state index contributed by atoms with van der Waals surface area (Å²) < 4.78 is 5.29. The van der Waals surface area contributed by atoms with Crippen LogP contribution in [0.3, 0.4) is 0 Å². The van der Waals surface area contributed by atoms with Gasteiger partial charge < -0.3 is 9.64 Å². The van der Waals surface area contributed by atoms with Crippen LogP contribution in [0.25, 0.3) is 6.08 Å². The summed E-state index contributed by atoms with van der Waals surface area (Å²) in [5.74, 6) is 0.607. The second-order valence-corrected chi connectivity index (χ2v) is 6.27. The van der Waals surface area contributed by atoms with Crippen molar-refractivity contribution in [3.05, 3.63) is 50.9 Å². The Morgan fingerprint density at radius 2 is 2.27 bits per heavy atom. The van der Waals surface area contributed by atoms with E-state index >= 15 is 0 Å². The van der Waals surface area contributed by atoms with Gasteiger partial charge in [-0.3, -0.25) is 4.79 Å². The lowest BCUT2D eigenvalue weighted by molar-refractivity contribution is -0.125. The number of thiazole rings is 1. The molecular weight excluding hydrogens is 320 g/mol. The van der Waals surface area contributed by atoms with Crippen molar-refractivity contribution >= 4 is 34.9 Å². The van der Waals surface area contributed by atoms with Crippen molar-refractivity contribution in [2.24, 2.45) is 0 Å². The number of benzene rings is 1. The maximum Gasteiger partial charge on any atom is 0.246 e. The van der Waals surface area contributed by atoms with Crippen LogP contribution in [0.1, 0.15) is 16.3 Å².